The topological polar surface area (TPSA) is 25.8 Å². The van der Waals surface area contributed by atoms with Gasteiger partial charge in [0, 0.05) is 22.3 Å². The molecule has 0 aliphatic carbocycles. The Hall–Kier alpha value is -3.52. The van der Waals surface area contributed by atoms with Gasteiger partial charge in [-0.3, -0.25) is 0 Å². The van der Waals surface area contributed by atoms with Crippen LogP contribution in [-0.4, -0.2) is 9.97 Å². The van der Waals surface area contributed by atoms with E-state index in [-0.39, 0.29) is 5.92 Å². The number of hydrogen-bond donors (Lipinski definition) is 0. The largest absolute Gasteiger partial charge is 0.232 e. The molecule has 0 saturated heterocycles. The molecule has 1 heterocycles. The number of hydrogen-bond acceptors (Lipinski definition) is 2. The Morgan fingerprint density at radius 3 is 2.07 bits per heavy atom. The zero-order valence-corrected chi connectivity index (χ0v) is 16.6. The summed E-state index contributed by atoms with van der Waals surface area (Å²) in [7, 11) is 0. The molecule has 4 aromatic carbocycles. The van der Waals surface area contributed by atoms with Gasteiger partial charge in [-0.05, 0) is 22.6 Å². The number of benzene rings is 4. The van der Waals surface area contributed by atoms with Crippen molar-refractivity contribution in [1.29, 1.82) is 0 Å². The Balaban J connectivity index is 1.88. The summed E-state index contributed by atoms with van der Waals surface area (Å²) in [6, 6.07) is 31.8. The van der Waals surface area contributed by atoms with E-state index in [0.717, 1.165) is 28.0 Å². The van der Waals surface area contributed by atoms with Crippen molar-refractivity contribution in [3.05, 3.63) is 96.8 Å². The van der Waals surface area contributed by atoms with E-state index in [1.165, 1.54) is 21.9 Å². The quantitative estimate of drug-likeness (QED) is 0.311. The Morgan fingerprint density at radius 1 is 0.586 bits per heavy atom. The van der Waals surface area contributed by atoms with Crippen LogP contribution in [0.3, 0.4) is 0 Å². The van der Waals surface area contributed by atoms with Gasteiger partial charge in [0.1, 0.15) is 5.82 Å². The SMILES string of the molecule is CC(C)c1nc(-c2ccccc2-c2ccccc2)c2ccc3ccccc3c2n1. The van der Waals surface area contributed by atoms with Crippen LogP contribution >= 0.6 is 0 Å². The summed E-state index contributed by atoms with van der Waals surface area (Å²) in [5, 5.41) is 3.47. The molecule has 0 unspecified atom stereocenters. The van der Waals surface area contributed by atoms with Gasteiger partial charge in [-0.15, -0.1) is 0 Å². The van der Waals surface area contributed by atoms with Crippen molar-refractivity contribution >= 4 is 21.7 Å². The van der Waals surface area contributed by atoms with E-state index in [9.17, 15) is 0 Å². The average molecular weight is 374 g/mol. The molecule has 0 N–H and O–H groups in total. The second kappa shape index (κ2) is 7.14. The first-order valence-corrected chi connectivity index (χ1v) is 10.1. The van der Waals surface area contributed by atoms with E-state index >= 15 is 0 Å². The lowest BCUT2D eigenvalue weighted by molar-refractivity contribution is 0.785. The Kier molecular flexibility index (Phi) is 4.33. The van der Waals surface area contributed by atoms with Gasteiger partial charge in [-0.25, -0.2) is 9.97 Å². The highest BCUT2D eigenvalue weighted by Gasteiger charge is 2.16. The van der Waals surface area contributed by atoms with Crippen molar-refractivity contribution in [2.75, 3.05) is 0 Å². The van der Waals surface area contributed by atoms with Crippen molar-refractivity contribution < 1.29 is 0 Å². The van der Waals surface area contributed by atoms with Crippen molar-refractivity contribution in [2.45, 2.75) is 19.8 Å². The van der Waals surface area contributed by atoms with Crippen LogP contribution in [0, 0.1) is 0 Å². The number of rotatable bonds is 3. The van der Waals surface area contributed by atoms with Crippen molar-refractivity contribution in [3.8, 4) is 22.4 Å². The van der Waals surface area contributed by atoms with Crippen LogP contribution in [-0.2, 0) is 0 Å². The van der Waals surface area contributed by atoms with Crippen molar-refractivity contribution in [1.82, 2.24) is 9.97 Å². The highest BCUT2D eigenvalue weighted by atomic mass is 14.9. The van der Waals surface area contributed by atoms with Gasteiger partial charge >= 0.3 is 0 Å². The Morgan fingerprint density at radius 2 is 1.28 bits per heavy atom. The lowest BCUT2D eigenvalue weighted by Crippen LogP contribution is -2.01. The zero-order valence-electron chi connectivity index (χ0n) is 16.6. The molecule has 0 saturated carbocycles. The van der Waals surface area contributed by atoms with E-state index in [2.05, 4.69) is 105 Å². The van der Waals surface area contributed by atoms with Crippen LogP contribution in [0.1, 0.15) is 25.6 Å². The molecule has 0 radical (unpaired) electrons. The van der Waals surface area contributed by atoms with Gasteiger partial charge in [0.15, 0.2) is 0 Å². The number of fused-ring (bicyclic) bond motifs is 3. The summed E-state index contributed by atoms with van der Waals surface area (Å²) in [4.78, 5) is 10.0. The maximum Gasteiger partial charge on any atom is 0.132 e. The van der Waals surface area contributed by atoms with Crippen LogP contribution < -0.4 is 0 Å². The fourth-order valence-corrected chi connectivity index (χ4v) is 3.90. The first-order chi connectivity index (χ1) is 14.2. The van der Waals surface area contributed by atoms with Crippen molar-refractivity contribution in [3.63, 3.8) is 0 Å². The molecule has 0 spiro atoms. The maximum atomic E-state index is 5.05. The van der Waals surface area contributed by atoms with Crippen LogP contribution in [0.5, 0.6) is 0 Å². The molecule has 5 rings (SSSR count). The van der Waals surface area contributed by atoms with E-state index < -0.39 is 0 Å². The lowest BCUT2D eigenvalue weighted by atomic mass is 9.94. The first kappa shape index (κ1) is 17.6. The fraction of sp³-hybridized carbons (Fsp3) is 0.111. The molecule has 5 aromatic rings. The normalized spacial score (nSPS) is 11.4. The molecular formula is C27H22N2. The highest BCUT2D eigenvalue weighted by Crippen LogP contribution is 2.37. The molecule has 2 heteroatoms. The summed E-state index contributed by atoms with van der Waals surface area (Å²) in [5.41, 5.74) is 5.56. The van der Waals surface area contributed by atoms with Crippen LogP contribution in [0.25, 0.3) is 44.1 Å². The molecule has 0 aliphatic heterocycles. The van der Waals surface area contributed by atoms with Gasteiger partial charge in [0.25, 0.3) is 0 Å². The molecule has 0 bridgehead atoms. The molecule has 2 nitrogen and oxygen atoms in total. The minimum atomic E-state index is 0.251. The third-order valence-electron chi connectivity index (χ3n) is 5.39. The number of aromatic nitrogens is 2. The van der Waals surface area contributed by atoms with E-state index in [4.69, 9.17) is 9.97 Å². The molecule has 1 aromatic heterocycles. The third kappa shape index (κ3) is 3.07. The second-order valence-electron chi connectivity index (χ2n) is 7.68. The molecule has 0 aliphatic rings. The summed E-state index contributed by atoms with van der Waals surface area (Å²) in [6.07, 6.45) is 0. The predicted octanol–water partition coefficient (Wildman–Crippen LogP) is 7.24. The van der Waals surface area contributed by atoms with Crippen LogP contribution in [0.15, 0.2) is 91.0 Å². The highest BCUT2D eigenvalue weighted by molar-refractivity contribution is 6.10. The van der Waals surface area contributed by atoms with Gasteiger partial charge in [-0.1, -0.05) is 98.8 Å². The zero-order chi connectivity index (χ0) is 19.8. The maximum absolute atomic E-state index is 5.05. The van der Waals surface area contributed by atoms with E-state index in [1.807, 2.05) is 0 Å². The fourth-order valence-electron chi connectivity index (χ4n) is 3.90. The minimum Gasteiger partial charge on any atom is -0.232 e. The van der Waals surface area contributed by atoms with Gasteiger partial charge < -0.3 is 0 Å². The first-order valence-electron chi connectivity index (χ1n) is 10.1. The van der Waals surface area contributed by atoms with Gasteiger partial charge in [0.2, 0.25) is 0 Å². The smallest absolute Gasteiger partial charge is 0.132 e. The predicted molar refractivity (Wildman–Crippen MR) is 122 cm³/mol. The molecule has 0 amide bonds. The van der Waals surface area contributed by atoms with Crippen molar-refractivity contribution in [2.24, 2.45) is 0 Å². The molecular weight excluding hydrogens is 352 g/mol. The Bertz CT molecular complexity index is 1320. The lowest BCUT2D eigenvalue weighted by Gasteiger charge is -2.15. The summed E-state index contributed by atoms with van der Waals surface area (Å²) in [6.45, 7) is 4.30. The minimum absolute atomic E-state index is 0.251. The monoisotopic (exact) mass is 374 g/mol. The number of nitrogens with zero attached hydrogens (tertiary/aromatic N) is 2. The van der Waals surface area contributed by atoms with Gasteiger partial charge in [0.05, 0.1) is 11.2 Å². The summed E-state index contributed by atoms with van der Waals surface area (Å²) >= 11 is 0. The summed E-state index contributed by atoms with van der Waals surface area (Å²) < 4.78 is 0. The Labute approximate surface area is 170 Å². The van der Waals surface area contributed by atoms with E-state index in [0.29, 0.717) is 0 Å². The molecule has 140 valence electrons. The molecule has 29 heavy (non-hydrogen) atoms. The van der Waals surface area contributed by atoms with Crippen LogP contribution in [0.2, 0.25) is 0 Å². The van der Waals surface area contributed by atoms with E-state index in [1.54, 1.807) is 0 Å². The summed E-state index contributed by atoms with van der Waals surface area (Å²) in [5.74, 6) is 1.13. The second-order valence-corrected chi connectivity index (χ2v) is 7.68. The van der Waals surface area contributed by atoms with Crippen LogP contribution in [0.4, 0.5) is 0 Å². The molecule has 0 atom stereocenters. The molecule has 0 fully saturated rings. The van der Waals surface area contributed by atoms with Gasteiger partial charge in [-0.2, -0.15) is 0 Å². The average Bonchev–Trinajstić information content (AvgIpc) is 2.78. The third-order valence-corrected chi connectivity index (χ3v) is 5.39. The standard InChI is InChI=1S/C27H22N2/c1-18(2)27-28-25-22-14-7-6-12-20(22)16-17-24(25)26(29-27)23-15-9-8-13-21(23)19-10-4-3-5-11-19/h3-18H,1-2H3.